The Morgan fingerprint density at radius 3 is 2.28 bits per heavy atom. The van der Waals surface area contributed by atoms with Crippen LogP contribution in [-0.2, 0) is 25.1 Å². The Kier molecular flexibility index (Phi) is 10.3. The summed E-state index contributed by atoms with van der Waals surface area (Å²) in [6.07, 6.45) is 0.839. The largest absolute Gasteiger partial charge is 0.497 e. The van der Waals surface area contributed by atoms with E-state index in [1.54, 1.807) is 33.1 Å². The molecule has 0 radical (unpaired) electrons. The van der Waals surface area contributed by atoms with Crippen LogP contribution in [0.25, 0.3) is 0 Å². The highest BCUT2D eigenvalue weighted by Gasteiger charge is 2.34. The summed E-state index contributed by atoms with van der Waals surface area (Å²) < 4.78 is 22.1. The van der Waals surface area contributed by atoms with Gasteiger partial charge in [0.05, 0.1) is 19.8 Å². The quantitative estimate of drug-likeness (QED) is 0.372. The minimum Gasteiger partial charge on any atom is -0.497 e. The van der Waals surface area contributed by atoms with Crippen molar-refractivity contribution in [1.82, 2.24) is 15.7 Å². The Balaban J connectivity index is 2.99. The maximum atomic E-state index is 12.9. The van der Waals surface area contributed by atoms with Gasteiger partial charge in [-0.15, -0.1) is 0 Å². The number of carbonyl (C=O) groups is 2. The maximum Gasteiger partial charge on any atom is 0.403 e. The Hall–Kier alpha value is -1.93. The molecule has 4 N–H and O–H groups in total. The summed E-state index contributed by atoms with van der Waals surface area (Å²) >= 11 is 0. The Bertz CT molecular complexity index is 712. The van der Waals surface area contributed by atoms with Crippen LogP contribution in [0.5, 0.6) is 5.75 Å². The van der Waals surface area contributed by atoms with Crippen molar-refractivity contribution >= 4 is 19.6 Å². The van der Waals surface area contributed by atoms with E-state index in [9.17, 15) is 19.0 Å². The van der Waals surface area contributed by atoms with E-state index in [-0.39, 0.29) is 24.9 Å². The molecule has 1 aromatic carbocycles. The van der Waals surface area contributed by atoms with E-state index in [4.69, 9.17) is 9.26 Å². The van der Waals surface area contributed by atoms with Gasteiger partial charge in [-0.25, -0.2) is 9.65 Å². The topological polar surface area (TPSA) is 126 Å². The van der Waals surface area contributed by atoms with E-state index in [0.29, 0.717) is 12.2 Å². The average Bonchev–Trinajstić information content (AvgIpc) is 2.70. The molecule has 0 aromatic heterocycles. The number of methoxy groups -OCH3 is 1. The summed E-state index contributed by atoms with van der Waals surface area (Å²) in [5.74, 6) is -0.489. The van der Waals surface area contributed by atoms with Crippen molar-refractivity contribution < 1.29 is 28.3 Å². The van der Waals surface area contributed by atoms with Crippen LogP contribution in [0.1, 0.15) is 32.8 Å². The van der Waals surface area contributed by atoms with Crippen molar-refractivity contribution in [3.8, 4) is 5.75 Å². The lowest BCUT2D eigenvalue weighted by Gasteiger charge is -2.27. The fourth-order valence-electron chi connectivity index (χ4n) is 2.71. The maximum absolute atomic E-state index is 12.9. The zero-order chi connectivity index (χ0) is 22.0. The molecule has 1 aromatic rings. The summed E-state index contributed by atoms with van der Waals surface area (Å²) in [5, 5.41) is 7.64. The van der Waals surface area contributed by atoms with E-state index in [0.717, 1.165) is 5.56 Å². The lowest BCUT2D eigenvalue weighted by atomic mass is 9.98. The molecule has 164 valence electrons. The predicted octanol–water partition coefficient (Wildman–Crippen LogP) is 1.61. The molecule has 29 heavy (non-hydrogen) atoms. The Morgan fingerprint density at radius 2 is 1.79 bits per heavy atom. The summed E-state index contributed by atoms with van der Waals surface area (Å²) in [4.78, 5) is 35.1. The molecule has 0 bridgehead atoms. The van der Waals surface area contributed by atoms with Gasteiger partial charge in [0.15, 0.2) is 0 Å². The summed E-state index contributed by atoms with van der Waals surface area (Å²) in [6.45, 7) is 5.25. The number of hydrogen-bond acceptors (Lipinski definition) is 5. The van der Waals surface area contributed by atoms with Crippen LogP contribution in [-0.4, -0.2) is 49.6 Å². The lowest BCUT2D eigenvalue weighted by Crippen LogP contribution is -2.54. The molecule has 0 fully saturated rings. The zero-order valence-electron chi connectivity index (χ0n) is 17.6. The van der Waals surface area contributed by atoms with Gasteiger partial charge in [-0.05, 0) is 30.5 Å². The number of hydrogen-bond donors (Lipinski definition) is 4. The van der Waals surface area contributed by atoms with Crippen molar-refractivity contribution in [3.05, 3.63) is 29.8 Å². The van der Waals surface area contributed by atoms with Crippen molar-refractivity contribution in [2.45, 2.75) is 45.7 Å². The third-order valence-corrected chi connectivity index (χ3v) is 5.79. The normalized spacial score (nSPS) is 16.2. The van der Waals surface area contributed by atoms with E-state index in [1.165, 1.54) is 7.05 Å². The van der Waals surface area contributed by atoms with Gasteiger partial charge in [0.1, 0.15) is 11.8 Å². The molecule has 2 amide bonds. The first-order valence-electron chi connectivity index (χ1n) is 9.57. The molecule has 4 atom stereocenters. The molecule has 0 aliphatic carbocycles. The van der Waals surface area contributed by atoms with Crippen molar-refractivity contribution in [2.24, 2.45) is 5.92 Å². The van der Waals surface area contributed by atoms with E-state index in [2.05, 4.69) is 15.7 Å². The SMILES string of the molecule is CCOP(=O)(O)N[C@H](C(=O)NC(Cc1ccc(OC)cc1)C(=O)NC)[C@@H](C)CC. The third-order valence-electron chi connectivity index (χ3n) is 4.58. The molecule has 0 aliphatic heterocycles. The number of nitrogens with one attached hydrogen (secondary N) is 3. The highest BCUT2D eigenvalue weighted by molar-refractivity contribution is 7.50. The minimum atomic E-state index is -4.14. The number of amides is 2. The number of ether oxygens (including phenoxy) is 1. The van der Waals surface area contributed by atoms with Gasteiger partial charge < -0.3 is 20.3 Å². The molecule has 9 nitrogen and oxygen atoms in total. The fourth-order valence-corrected chi connectivity index (χ4v) is 3.86. The van der Waals surface area contributed by atoms with Gasteiger partial charge in [-0.1, -0.05) is 32.4 Å². The molecule has 0 saturated heterocycles. The fraction of sp³-hybridized carbons (Fsp3) is 0.579. The Labute approximate surface area is 172 Å². The van der Waals surface area contributed by atoms with Crippen LogP contribution < -0.4 is 20.5 Å². The molecule has 0 spiro atoms. The highest BCUT2D eigenvalue weighted by Crippen LogP contribution is 2.38. The standard InChI is InChI=1S/C19H32N3O6P/c1-6-13(3)17(22-29(25,26)28-7-2)19(24)21-16(18(23)20-4)12-14-8-10-15(27-5)11-9-14/h8-11,13,16-17H,6-7,12H2,1-5H3,(H,20,23)(H,21,24)(H2,22,25,26)/t13-,16?,17-/m0/s1. The zero-order valence-corrected chi connectivity index (χ0v) is 18.5. The summed E-state index contributed by atoms with van der Waals surface area (Å²) in [7, 11) is -1.10. The Morgan fingerprint density at radius 1 is 1.17 bits per heavy atom. The molecular formula is C19H32N3O6P. The number of likely N-dealkylation sites (N-methyl/N-ethyl adjacent to an activating group) is 1. The minimum absolute atomic E-state index is 0.0218. The van der Waals surface area contributed by atoms with Crippen LogP contribution in [0.15, 0.2) is 24.3 Å². The molecule has 10 heteroatoms. The smallest absolute Gasteiger partial charge is 0.403 e. The van der Waals surface area contributed by atoms with Gasteiger partial charge in [-0.3, -0.25) is 14.1 Å². The third kappa shape index (κ3) is 8.14. The van der Waals surface area contributed by atoms with E-state index < -0.39 is 25.7 Å². The van der Waals surface area contributed by atoms with Gasteiger partial charge in [0.2, 0.25) is 11.8 Å². The van der Waals surface area contributed by atoms with Gasteiger partial charge in [-0.2, -0.15) is 0 Å². The van der Waals surface area contributed by atoms with Crippen LogP contribution in [0.2, 0.25) is 0 Å². The molecular weight excluding hydrogens is 397 g/mol. The highest BCUT2D eigenvalue weighted by atomic mass is 31.2. The molecule has 0 saturated carbocycles. The number of carbonyl (C=O) groups excluding carboxylic acids is 2. The summed E-state index contributed by atoms with van der Waals surface area (Å²) in [6, 6.07) is 5.31. The van der Waals surface area contributed by atoms with Crippen LogP contribution >= 0.6 is 7.75 Å². The molecule has 0 heterocycles. The second-order valence-electron chi connectivity index (χ2n) is 6.66. The van der Waals surface area contributed by atoms with Gasteiger partial charge in [0.25, 0.3) is 0 Å². The first kappa shape index (κ1) is 25.1. The van der Waals surface area contributed by atoms with E-state index >= 15 is 0 Å². The number of benzene rings is 1. The van der Waals surface area contributed by atoms with Gasteiger partial charge in [0, 0.05) is 13.5 Å². The van der Waals surface area contributed by atoms with Crippen molar-refractivity contribution in [2.75, 3.05) is 20.8 Å². The lowest BCUT2D eigenvalue weighted by molar-refractivity contribution is -0.130. The van der Waals surface area contributed by atoms with Gasteiger partial charge >= 0.3 is 7.75 Å². The second kappa shape index (κ2) is 11.9. The van der Waals surface area contributed by atoms with Crippen LogP contribution in [0.3, 0.4) is 0 Å². The van der Waals surface area contributed by atoms with Crippen LogP contribution in [0, 0.1) is 5.92 Å². The first-order chi connectivity index (χ1) is 13.7. The average molecular weight is 429 g/mol. The molecule has 1 rings (SSSR count). The first-order valence-corrected chi connectivity index (χ1v) is 11.1. The molecule has 0 aliphatic rings. The summed E-state index contributed by atoms with van der Waals surface area (Å²) in [5.41, 5.74) is 0.829. The van der Waals surface area contributed by atoms with Crippen molar-refractivity contribution in [1.29, 1.82) is 0 Å². The monoisotopic (exact) mass is 429 g/mol. The van der Waals surface area contributed by atoms with E-state index in [1.807, 2.05) is 19.1 Å². The number of rotatable bonds is 12. The van der Waals surface area contributed by atoms with Crippen molar-refractivity contribution in [3.63, 3.8) is 0 Å². The molecule has 2 unspecified atom stereocenters. The van der Waals surface area contributed by atoms with Crippen LogP contribution in [0.4, 0.5) is 0 Å². The second-order valence-corrected chi connectivity index (χ2v) is 8.22. The predicted molar refractivity (Wildman–Crippen MR) is 111 cm³/mol.